The molecule has 0 heterocycles. The zero-order chi connectivity index (χ0) is 10.6. The van der Waals surface area contributed by atoms with Gasteiger partial charge in [0.15, 0.2) is 0 Å². The fourth-order valence-electron chi connectivity index (χ4n) is 1.50. The molecule has 1 unspecified atom stereocenters. The van der Waals surface area contributed by atoms with Crippen molar-refractivity contribution in [2.45, 2.75) is 64.5 Å². The van der Waals surface area contributed by atoms with Crippen molar-refractivity contribution in [1.82, 2.24) is 11.0 Å². The molecule has 0 rings (SSSR count). The van der Waals surface area contributed by atoms with Crippen LogP contribution >= 0.6 is 0 Å². The molecule has 0 aromatic carbocycles. The number of nitrogens with two attached hydrogens (primary N) is 2. The van der Waals surface area contributed by atoms with E-state index in [1.807, 2.05) is 0 Å². The summed E-state index contributed by atoms with van der Waals surface area (Å²) in [6.45, 7) is 2.24. The SMILES string of the molecule is CCCCCCCCCC(N)NNN. The molecule has 0 aromatic heterocycles. The Morgan fingerprint density at radius 1 is 1.00 bits per heavy atom. The van der Waals surface area contributed by atoms with Crippen molar-refractivity contribution in [2.24, 2.45) is 11.6 Å². The highest BCUT2D eigenvalue weighted by Gasteiger charge is 1.98. The lowest BCUT2D eigenvalue weighted by Crippen LogP contribution is -2.49. The molecule has 6 N–H and O–H groups in total. The molecule has 4 heteroatoms. The van der Waals surface area contributed by atoms with E-state index in [4.69, 9.17) is 11.6 Å². The molecule has 0 saturated heterocycles. The minimum atomic E-state index is -0.0179. The first-order valence-electron chi connectivity index (χ1n) is 5.78. The molecule has 0 spiro atoms. The van der Waals surface area contributed by atoms with Gasteiger partial charge in [0.05, 0.1) is 6.17 Å². The van der Waals surface area contributed by atoms with Crippen molar-refractivity contribution >= 4 is 0 Å². The summed E-state index contributed by atoms with van der Waals surface area (Å²) in [6, 6.07) is 0. The average molecular weight is 202 g/mol. The van der Waals surface area contributed by atoms with Gasteiger partial charge in [0.2, 0.25) is 0 Å². The molecule has 0 fully saturated rings. The molecule has 1 atom stereocenters. The molecule has 0 aliphatic rings. The number of nitrogens with one attached hydrogen (secondary N) is 2. The highest BCUT2D eigenvalue weighted by Crippen LogP contribution is 2.08. The first kappa shape index (κ1) is 13.8. The normalized spacial score (nSPS) is 13.1. The molecule has 0 amide bonds. The first-order valence-corrected chi connectivity index (χ1v) is 5.78. The standard InChI is InChI=1S/C10H26N4/c1-2-3-4-5-6-7-8-9-10(11)13-14-12/h10,13-14H,2-9,11-12H2,1H3. The third-order valence-electron chi connectivity index (χ3n) is 2.39. The molecule has 0 aliphatic heterocycles. The molecular weight excluding hydrogens is 176 g/mol. The third kappa shape index (κ3) is 9.92. The predicted molar refractivity (Wildman–Crippen MR) is 61.0 cm³/mol. The maximum atomic E-state index is 5.69. The number of unbranched alkanes of at least 4 members (excludes halogenated alkanes) is 6. The molecule has 14 heavy (non-hydrogen) atoms. The summed E-state index contributed by atoms with van der Waals surface area (Å²) in [6.07, 6.45) is 10.2. The van der Waals surface area contributed by atoms with Crippen LogP contribution in [-0.4, -0.2) is 6.17 Å². The molecule has 0 saturated carbocycles. The van der Waals surface area contributed by atoms with Gasteiger partial charge in [0, 0.05) is 0 Å². The topological polar surface area (TPSA) is 76.1 Å². The molecule has 0 radical (unpaired) electrons. The zero-order valence-corrected chi connectivity index (χ0v) is 9.39. The van der Waals surface area contributed by atoms with E-state index in [9.17, 15) is 0 Å². The molecule has 0 bridgehead atoms. The summed E-state index contributed by atoms with van der Waals surface area (Å²) in [5.74, 6) is 5.07. The van der Waals surface area contributed by atoms with Gasteiger partial charge in [-0.25, -0.2) is 5.43 Å². The maximum Gasteiger partial charge on any atom is 0.0692 e. The van der Waals surface area contributed by atoms with Crippen LogP contribution in [0.2, 0.25) is 0 Å². The highest BCUT2D eigenvalue weighted by molar-refractivity contribution is 4.54. The zero-order valence-electron chi connectivity index (χ0n) is 9.39. The average Bonchev–Trinajstić information content (AvgIpc) is 2.17. The quantitative estimate of drug-likeness (QED) is 0.187. The molecule has 86 valence electrons. The van der Waals surface area contributed by atoms with Crippen LogP contribution in [0.5, 0.6) is 0 Å². The Labute approximate surface area is 87.7 Å². The number of hydrazine groups is 2. The van der Waals surface area contributed by atoms with Crippen molar-refractivity contribution in [3.8, 4) is 0 Å². The van der Waals surface area contributed by atoms with Gasteiger partial charge >= 0.3 is 0 Å². The van der Waals surface area contributed by atoms with Crippen molar-refractivity contribution in [2.75, 3.05) is 0 Å². The Hall–Kier alpha value is -0.160. The number of hydrogen-bond donors (Lipinski definition) is 4. The summed E-state index contributed by atoms with van der Waals surface area (Å²) < 4.78 is 0. The van der Waals surface area contributed by atoms with Crippen LogP contribution in [0.3, 0.4) is 0 Å². The van der Waals surface area contributed by atoms with Crippen LogP contribution in [0, 0.1) is 0 Å². The lowest BCUT2D eigenvalue weighted by Gasteiger charge is -2.11. The Bertz CT molecular complexity index is 108. The number of rotatable bonds is 10. The van der Waals surface area contributed by atoms with Crippen LogP contribution in [0.25, 0.3) is 0 Å². The van der Waals surface area contributed by atoms with E-state index < -0.39 is 0 Å². The molecular formula is C10H26N4. The smallest absolute Gasteiger partial charge is 0.0692 e. The molecule has 0 aliphatic carbocycles. The van der Waals surface area contributed by atoms with Gasteiger partial charge in [-0.3, -0.25) is 5.84 Å². The largest absolute Gasteiger partial charge is 0.315 e. The van der Waals surface area contributed by atoms with E-state index in [-0.39, 0.29) is 6.17 Å². The summed E-state index contributed by atoms with van der Waals surface area (Å²) in [7, 11) is 0. The van der Waals surface area contributed by atoms with Crippen LogP contribution in [0.4, 0.5) is 0 Å². The second-order valence-electron chi connectivity index (χ2n) is 3.81. The summed E-state index contributed by atoms with van der Waals surface area (Å²) >= 11 is 0. The van der Waals surface area contributed by atoms with Gasteiger partial charge in [-0.15, -0.1) is 0 Å². The monoisotopic (exact) mass is 202 g/mol. The van der Waals surface area contributed by atoms with Crippen LogP contribution < -0.4 is 22.5 Å². The lowest BCUT2D eigenvalue weighted by atomic mass is 10.1. The minimum absolute atomic E-state index is 0.0179. The fraction of sp³-hybridized carbons (Fsp3) is 1.00. The summed E-state index contributed by atoms with van der Waals surface area (Å²) in [4.78, 5) is 0. The van der Waals surface area contributed by atoms with Gasteiger partial charge < -0.3 is 5.73 Å². The van der Waals surface area contributed by atoms with Crippen molar-refractivity contribution in [3.63, 3.8) is 0 Å². The maximum absolute atomic E-state index is 5.69. The summed E-state index contributed by atoms with van der Waals surface area (Å²) in [5.41, 5.74) is 10.8. The third-order valence-corrected chi connectivity index (χ3v) is 2.39. The summed E-state index contributed by atoms with van der Waals surface area (Å²) in [5, 5.41) is 0. The molecule has 4 nitrogen and oxygen atoms in total. The van der Waals surface area contributed by atoms with E-state index in [2.05, 4.69) is 17.9 Å². The first-order chi connectivity index (χ1) is 6.81. The van der Waals surface area contributed by atoms with E-state index >= 15 is 0 Å². The van der Waals surface area contributed by atoms with Crippen molar-refractivity contribution in [1.29, 1.82) is 0 Å². The molecule has 0 aromatic rings. The van der Waals surface area contributed by atoms with Gasteiger partial charge in [0.25, 0.3) is 0 Å². The highest BCUT2D eigenvalue weighted by atomic mass is 15.5. The van der Waals surface area contributed by atoms with Gasteiger partial charge in [-0.05, 0) is 6.42 Å². The van der Waals surface area contributed by atoms with Crippen LogP contribution in [-0.2, 0) is 0 Å². The van der Waals surface area contributed by atoms with E-state index in [1.54, 1.807) is 0 Å². The second kappa shape index (κ2) is 10.9. The van der Waals surface area contributed by atoms with Crippen LogP contribution in [0.15, 0.2) is 0 Å². The van der Waals surface area contributed by atoms with Crippen LogP contribution in [0.1, 0.15) is 58.3 Å². The van der Waals surface area contributed by atoms with Crippen molar-refractivity contribution < 1.29 is 0 Å². The van der Waals surface area contributed by atoms with E-state index in [1.165, 1.54) is 44.9 Å². The minimum Gasteiger partial charge on any atom is -0.315 e. The van der Waals surface area contributed by atoms with Gasteiger partial charge in [0.1, 0.15) is 0 Å². The lowest BCUT2D eigenvalue weighted by molar-refractivity contribution is 0.408. The Balaban J connectivity index is 2.98. The van der Waals surface area contributed by atoms with Gasteiger partial charge in [-0.2, -0.15) is 5.53 Å². The second-order valence-corrected chi connectivity index (χ2v) is 3.81. The Morgan fingerprint density at radius 2 is 1.57 bits per heavy atom. The van der Waals surface area contributed by atoms with Crippen molar-refractivity contribution in [3.05, 3.63) is 0 Å². The van der Waals surface area contributed by atoms with E-state index in [0.29, 0.717) is 0 Å². The fourth-order valence-corrected chi connectivity index (χ4v) is 1.50. The number of hydrogen-bond acceptors (Lipinski definition) is 4. The van der Waals surface area contributed by atoms with E-state index in [0.717, 1.165) is 6.42 Å². The predicted octanol–water partition coefficient (Wildman–Crippen LogP) is 1.38. The van der Waals surface area contributed by atoms with Gasteiger partial charge in [-0.1, -0.05) is 51.9 Å². The Kier molecular flexibility index (Phi) is 10.8. The Morgan fingerprint density at radius 3 is 2.14 bits per heavy atom.